The summed E-state index contributed by atoms with van der Waals surface area (Å²) in [5.41, 5.74) is 3.16. The van der Waals surface area contributed by atoms with E-state index >= 15 is 0 Å². The van der Waals surface area contributed by atoms with Gasteiger partial charge in [0.25, 0.3) is 0 Å². The van der Waals surface area contributed by atoms with Crippen molar-refractivity contribution >= 4 is 32.6 Å². The van der Waals surface area contributed by atoms with Gasteiger partial charge in [0.15, 0.2) is 0 Å². The van der Waals surface area contributed by atoms with Gasteiger partial charge in [0.1, 0.15) is 5.65 Å². The molecule has 68 valence electrons. The Morgan fingerprint density at radius 1 is 1.07 bits per heavy atom. The van der Waals surface area contributed by atoms with Gasteiger partial charge in [0.05, 0.1) is 11.0 Å². The molecule has 0 atom stereocenters. The SMILES string of the molecule is Brc1ccc2nc3ccccc3n2c1. The van der Waals surface area contributed by atoms with Crippen molar-refractivity contribution in [2.24, 2.45) is 0 Å². The Kier molecular flexibility index (Phi) is 1.61. The molecular formula is C11H7BrN2. The summed E-state index contributed by atoms with van der Waals surface area (Å²) >= 11 is 3.45. The lowest BCUT2D eigenvalue weighted by atomic mass is 10.3. The maximum absolute atomic E-state index is 4.50. The van der Waals surface area contributed by atoms with E-state index in [0.717, 1.165) is 21.2 Å². The second-order valence-corrected chi connectivity index (χ2v) is 4.09. The van der Waals surface area contributed by atoms with Crippen LogP contribution in [0.1, 0.15) is 0 Å². The molecule has 0 N–H and O–H groups in total. The molecule has 0 amide bonds. The highest BCUT2D eigenvalue weighted by Crippen LogP contribution is 2.18. The van der Waals surface area contributed by atoms with Crippen molar-refractivity contribution in [1.82, 2.24) is 9.38 Å². The van der Waals surface area contributed by atoms with Crippen molar-refractivity contribution in [2.75, 3.05) is 0 Å². The summed E-state index contributed by atoms with van der Waals surface area (Å²) in [5, 5.41) is 0. The number of hydrogen-bond donors (Lipinski definition) is 0. The molecule has 3 aromatic rings. The van der Waals surface area contributed by atoms with Crippen LogP contribution < -0.4 is 0 Å². The molecule has 0 saturated heterocycles. The summed E-state index contributed by atoms with van der Waals surface area (Å²) < 4.78 is 3.15. The van der Waals surface area contributed by atoms with Crippen LogP contribution in [0.25, 0.3) is 16.7 Å². The van der Waals surface area contributed by atoms with Crippen LogP contribution >= 0.6 is 15.9 Å². The summed E-state index contributed by atoms with van der Waals surface area (Å²) in [5.74, 6) is 0. The number of halogens is 1. The van der Waals surface area contributed by atoms with Crippen molar-refractivity contribution in [1.29, 1.82) is 0 Å². The lowest BCUT2D eigenvalue weighted by Gasteiger charge is -1.95. The van der Waals surface area contributed by atoms with Crippen LogP contribution in [0.4, 0.5) is 0 Å². The second-order valence-electron chi connectivity index (χ2n) is 3.18. The summed E-state index contributed by atoms with van der Waals surface area (Å²) in [4.78, 5) is 4.50. The maximum atomic E-state index is 4.50. The van der Waals surface area contributed by atoms with Crippen LogP contribution in [0.2, 0.25) is 0 Å². The first-order valence-corrected chi connectivity index (χ1v) is 5.16. The van der Waals surface area contributed by atoms with Gasteiger partial charge in [0.2, 0.25) is 0 Å². The molecule has 2 heterocycles. The van der Waals surface area contributed by atoms with Crippen LogP contribution in [-0.2, 0) is 0 Å². The van der Waals surface area contributed by atoms with Crippen molar-refractivity contribution in [3.8, 4) is 0 Å². The summed E-state index contributed by atoms with van der Waals surface area (Å²) in [7, 11) is 0. The summed E-state index contributed by atoms with van der Waals surface area (Å²) in [6, 6.07) is 12.1. The fourth-order valence-electron chi connectivity index (χ4n) is 1.64. The Labute approximate surface area is 89.3 Å². The highest BCUT2D eigenvalue weighted by molar-refractivity contribution is 9.10. The number of imidazole rings is 1. The van der Waals surface area contributed by atoms with E-state index in [1.165, 1.54) is 0 Å². The van der Waals surface area contributed by atoms with Crippen molar-refractivity contribution in [2.45, 2.75) is 0 Å². The predicted octanol–water partition coefficient (Wildman–Crippen LogP) is 3.25. The number of benzene rings is 1. The Morgan fingerprint density at radius 2 is 1.93 bits per heavy atom. The van der Waals surface area contributed by atoms with Crippen LogP contribution in [-0.4, -0.2) is 9.38 Å². The average molecular weight is 247 g/mol. The topological polar surface area (TPSA) is 17.3 Å². The van der Waals surface area contributed by atoms with E-state index in [4.69, 9.17) is 0 Å². The minimum absolute atomic E-state index is 0.981. The maximum Gasteiger partial charge on any atom is 0.137 e. The van der Waals surface area contributed by atoms with Gasteiger partial charge in [-0.25, -0.2) is 4.98 Å². The number of hydrogen-bond acceptors (Lipinski definition) is 1. The van der Waals surface area contributed by atoms with Crippen LogP contribution in [0, 0.1) is 0 Å². The molecule has 0 unspecified atom stereocenters. The number of pyridine rings is 1. The molecule has 2 aromatic heterocycles. The lowest BCUT2D eigenvalue weighted by molar-refractivity contribution is 1.21. The standard InChI is InChI=1S/C11H7BrN2/c12-8-5-6-11-13-9-3-1-2-4-10(9)14(11)7-8/h1-7H. The quantitative estimate of drug-likeness (QED) is 0.596. The molecule has 3 heteroatoms. The van der Waals surface area contributed by atoms with Gasteiger partial charge < -0.3 is 0 Å². The van der Waals surface area contributed by atoms with Crippen molar-refractivity contribution < 1.29 is 0 Å². The second kappa shape index (κ2) is 2.82. The molecule has 0 aliphatic rings. The Hall–Kier alpha value is -1.35. The van der Waals surface area contributed by atoms with Crippen LogP contribution in [0.15, 0.2) is 47.1 Å². The highest BCUT2D eigenvalue weighted by Gasteiger charge is 2.02. The first-order valence-electron chi connectivity index (χ1n) is 4.37. The zero-order chi connectivity index (χ0) is 9.54. The fourth-order valence-corrected chi connectivity index (χ4v) is 1.97. The van der Waals surface area contributed by atoms with Gasteiger partial charge in [0, 0.05) is 10.7 Å². The van der Waals surface area contributed by atoms with Crippen molar-refractivity contribution in [3.05, 3.63) is 47.1 Å². The fraction of sp³-hybridized carbons (Fsp3) is 0. The molecule has 14 heavy (non-hydrogen) atoms. The summed E-state index contributed by atoms with van der Waals surface area (Å²) in [6.07, 6.45) is 2.03. The predicted molar refractivity (Wildman–Crippen MR) is 60.4 cm³/mol. The van der Waals surface area contributed by atoms with E-state index in [-0.39, 0.29) is 0 Å². The lowest BCUT2D eigenvalue weighted by Crippen LogP contribution is -1.82. The molecule has 2 nitrogen and oxygen atoms in total. The molecule has 0 fully saturated rings. The molecule has 0 radical (unpaired) electrons. The molecule has 0 aliphatic heterocycles. The third kappa shape index (κ3) is 1.06. The van der Waals surface area contributed by atoms with Gasteiger partial charge in [-0.2, -0.15) is 0 Å². The van der Waals surface area contributed by atoms with E-state index in [1.54, 1.807) is 0 Å². The third-order valence-corrected chi connectivity index (χ3v) is 2.74. The number of aromatic nitrogens is 2. The van der Waals surface area contributed by atoms with Gasteiger partial charge in [-0.15, -0.1) is 0 Å². The van der Waals surface area contributed by atoms with Crippen LogP contribution in [0.5, 0.6) is 0 Å². The van der Waals surface area contributed by atoms with Crippen LogP contribution in [0.3, 0.4) is 0 Å². The van der Waals surface area contributed by atoms with E-state index in [0.29, 0.717) is 0 Å². The number of fused-ring (bicyclic) bond motifs is 3. The number of nitrogens with zero attached hydrogens (tertiary/aromatic N) is 2. The zero-order valence-electron chi connectivity index (χ0n) is 7.31. The van der Waals surface area contributed by atoms with Gasteiger partial charge in [-0.05, 0) is 40.2 Å². The highest BCUT2D eigenvalue weighted by atomic mass is 79.9. The Balaban J connectivity index is 2.58. The van der Waals surface area contributed by atoms with E-state index in [1.807, 2.05) is 36.5 Å². The molecule has 0 aliphatic carbocycles. The molecule has 1 aromatic carbocycles. The molecule has 3 rings (SSSR count). The Bertz CT molecular complexity index is 613. The molecule has 0 bridgehead atoms. The van der Waals surface area contributed by atoms with Gasteiger partial charge >= 0.3 is 0 Å². The first-order chi connectivity index (χ1) is 6.84. The number of rotatable bonds is 0. The Morgan fingerprint density at radius 3 is 2.86 bits per heavy atom. The first kappa shape index (κ1) is 8.00. The zero-order valence-corrected chi connectivity index (χ0v) is 8.90. The monoisotopic (exact) mass is 246 g/mol. The minimum Gasteiger partial charge on any atom is -0.299 e. The average Bonchev–Trinajstić information content (AvgIpc) is 2.56. The van der Waals surface area contributed by atoms with E-state index in [2.05, 4.69) is 31.4 Å². The van der Waals surface area contributed by atoms with E-state index < -0.39 is 0 Å². The van der Waals surface area contributed by atoms with Crippen molar-refractivity contribution in [3.63, 3.8) is 0 Å². The normalized spacial score (nSPS) is 11.2. The molecular weight excluding hydrogens is 240 g/mol. The van der Waals surface area contributed by atoms with Gasteiger partial charge in [-0.1, -0.05) is 12.1 Å². The number of para-hydroxylation sites is 2. The minimum atomic E-state index is 0.981. The van der Waals surface area contributed by atoms with Gasteiger partial charge in [-0.3, -0.25) is 4.40 Å². The molecule has 0 saturated carbocycles. The summed E-state index contributed by atoms with van der Waals surface area (Å²) in [6.45, 7) is 0. The largest absolute Gasteiger partial charge is 0.299 e. The third-order valence-electron chi connectivity index (χ3n) is 2.27. The molecule has 0 spiro atoms. The van der Waals surface area contributed by atoms with E-state index in [9.17, 15) is 0 Å². The smallest absolute Gasteiger partial charge is 0.137 e.